The number of nitrogens with one attached hydrogen (secondary N) is 1. The number of hydrogen-bond donors (Lipinski definition) is 2. The molecule has 150 valence electrons. The Kier molecular flexibility index (Phi) is 5.42. The van der Waals surface area contributed by atoms with E-state index in [9.17, 15) is 4.79 Å². The highest BCUT2D eigenvalue weighted by atomic mass is 35.5. The summed E-state index contributed by atoms with van der Waals surface area (Å²) in [6, 6.07) is 13.9. The fourth-order valence-electron chi connectivity index (χ4n) is 2.58. The predicted octanol–water partition coefficient (Wildman–Crippen LogP) is 2.97. The van der Waals surface area contributed by atoms with Crippen molar-refractivity contribution in [3.05, 3.63) is 69.8 Å². The third kappa shape index (κ3) is 3.86. The van der Waals surface area contributed by atoms with Gasteiger partial charge in [-0.15, -0.1) is 5.10 Å². The maximum atomic E-state index is 13.0. The summed E-state index contributed by atoms with van der Waals surface area (Å²) in [5.74, 6) is -0.632. The van der Waals surface area contributed by atoms with Gasteiger partial charge in [-0.3, -0.25) is 4.79 Å². The Morgan fingerprint density at radius 1 is 1.17 bits per heavy atom. The van der Waals surface area contributed by atoms with Gasteiger partial charge in [-0.2, -0.15) is 9.78 Å². The molecule has 12 heteroatoms. The predicted molar refractivity (Wildman–Crippen MR) is 111 cm³/mol. The van der Waals surface area contributed by atoms with Gasteiger partial charge in [-0.05, 0) is 22.4 Å². The summed E-state index contributed by atoms with van der Waals surface area (Å²) in [5.41, 5.74) is 9.75. The molecule has 4 rings (SSSR count). The average Bonchev–Trinajstić information content (AvgIpc) is 3.36. The molecule has 2 aromatic heterocycles. The standard InChI is InChI=1S/C18H12Cl2N8O2/c19-12-7-6-11(13(20)8-12)9-22-24-18(29)15-14(10-4-2-1-3-5-10)23-27-28(15)17-16(21)25-30-26-17/h1-9H,(H2,21,25)(H,24,29)/b22-9+. The second kappa shape index (κ2) is 8.31. The van der Waals surface area contributed by atoms with E-state index in [1.807, 2.05) is 18.2 Å². The number of hydrogen-bond acceptors (Lipinski definition) is 8. The summed E-state index contributed by atoms with van der Waals surface area (Å²) in [4.78, 5) is 13.0. The highest BCUT2D eigenvalue weighted by Crippen LogP contribution is 2.24. The van der Waals surface area contributed by atoms with Crippen molar-refractivity contribution >= 4 is 41.1 Å². The van der Waals surface area contributed by atoms with Gasteiger partial charge in [0.15, 0.2) is 5.69 Å². The molecule has 4 aromatic rings. The molecule has 0 fully saturated rings. The SMILES string of the molecule is Nc1nonc1-n1nnc(-c2ccccc2)c1C(=O)N/N=C/c1ccc(Cl)cc1Cl. The zero-order valence-electron chi connectivity index (χ0n) is 15.0. The molecule has 0 aliphatic rings. The Labute approximate surface area is 179 Å². The van der Waals surface area contributed by atoms with Gasteiger partial charge >= 0.3 is 0 Å². The van der Waals surface area contributed by atoms with Gasteiger partial charge in [0.05, 0.1) is 11.2 Å². The molecule has 0 radical (unpaired) electrons. The highest BCUT2D eigenvalue weighted by molar-refractivity contribution is 6.36. The van der Waals surface area contributed by atoms with E-state index < -0.39 is 5.91 Å². The Morgan fingerprint density at radius 3 is 2.67 bits per heavy atom. The number of nitrogens with zero attached hydrogens (tertiary/aromatic N) is 6. The van der Waals surface area contributed by atoms with E-state index in [1.165, 1.54) is 6.21 Å². The number of benzene rings is 2. The van der Waals surface area contributed by atoms with Crippen LogP contribution < -0.4 is 11.2 Å². The summed E-state index contributed by atoms with van der Waals surface area (Å²) < 4.78 is 5.74. The molecular weight excluding hydrogens is 431 g/mol. The van der Waals surface area contributed by atoms with Gasteiger partial charge in [0.1, 0.15) is 5.69 Å². The average molecular weight is 443 g/mol. The van der Waals surface area contributed by atoms with E-state index in [0.29, 0.717) is 26.9 Å². The molecule has 0 saturated heterocycles. The van der Waals surface area contributed by atoms with E-state index >= 15 is 0 Å². The third-order valence-electron chi connectivity index (χ3n) is 3.96. The second-order valence-corrected chi connectivity index (χ2v) is 6.75. The number of carbonyl (C=O) groups excluding carboxylic acids is 1. The zero-order valence-corrected chi connectivity index (χ0v) is 16.5. The molecular formula is C18H12Cl2N8O2. The summed E-state index contributed by atoms with van der Waals surface area (Å²) >= 11 is 12.0. The highest BCUT2D eigenvalue weighted by Gasteiger charge is 2.25. The molecule has 0 aliphatic carbocycles. The van der Waals surface area contributed by atoms with Crippen molar-refractivity contribution < 1.29 is 9.42 Å². The quantitative estimate of drug-likeness (QED) is 0.357. The van der Waals surface area contributed by atoms with Crippen LogP contribution in [0.5, 0.6) is 0 Å². The van der Waals surface area contributed by atoms with Crippen molar-refractivity contribution in [3.8, 4) is 17.1 Å². The number of aromatic nitrogens is 5. The zero-order chi connectivity index (χ0) is 21.1. The summed E-state index contributed by atoms with van der Waals surface area (Å²) in [5, 5.41) is 20.1. The molecule has 30 heavy (non-hydrogen) atoms. The second-order valence-electron chi connectivity index (χ2n) is 5.90. The third-order valence-corrected chi connectivity index (χ3v) is 4.52. The Hall–Kier alpha value is -3.76. The molecule has 0 unspecified atom stereocenters. The number of anilines is 1. The van der Waals surface area contributed by atoms with Crippen LogP contribution in [0.1, 0.15) is 16.1 Å². The van der Waals surface area contributed by atoms with Crippen molar-refractivity contribution in [2.75, 3.05) is 5.73 Å². The van der Waals surface area contributed by atoms with Crippen LogP contribution in [0.15, 0.2) is 58.3 Å². The minimum Gasteiger partial charge on any atom is -0.378 e. The monoisotopic (exact) mass is 442 g/mol. The fraction of sp³-hybridized carbons (Fsp3) is 0. The number of nitrogens with two attached hydrogens (primary N) is 1. The first-order valence-electron chi connectivity index (χ1n) is 8.42. The van der Waals surface area contributed by atoms with E-state index in [4.69, 9.17) is 28.9 Å². The molecule has 0 atom stereocenters. The lowest BCUT2D eigenvalue weighted by Crippen LogP contribution is -2.22. The number of hydrazone groups is 1. The van der Waals surface area contributed by atoms with E-state index in [0.717, 1.165) is 4.68 Å². The number of rotatable bonds is 5. The van der Waals surface area contributed by atoms with Crippen LogP contribution in [0.25, 0.3) is 17.1 Å². The molecule has 0 bridgehead atoms. The van der Waals surface area contributed by atoms with E-state index in [-0.39, 0.29) is 17.3 Å². The summed E-state index contributed by atoms with van der Waals surface area (Å²) in [6.07, 6.45) is 1.39. The molecule has 0 saturated carbocycles. The van der Waals surface area contributed by atoms with Crippen LogP contribution in [0, 0.1) is 0 Å². The summed E-state index contributed by atoms with van der Waals surface area (Å²) in [6.45, 7) is 0. The fourth-order valence-corrected chi connectivity index (χ4v) is 3.04. The van der Waals surface area contributed by atoms with Crippen LogP contribution in [-0.4, -0.2) is 37.4 Å². The van der Waals surface area contributed by atoms with Gasteiger partial charge in [0, 0.05) is 16.1 Å². The van der Waals surface area contributed by atoms with Gasteiger partial charge in [0.2, 0.25) is 11.6 Å². The van der Waals surface area contributed by atoms with Crippen molar-refractivity contribution in [1.82, 2.24) is 30.7 Å². The van der Waals surface area contributed by atoms with Gasteiger partial charge < -0.3 is 5.73 Å². The minimum atomic E-state index is -0.609. The maximum Gasteiger partial charge on any atom is 0.292 e. The van der Waals surface area contributed by atoms with Crippen molar-refractivity contribution in [2.24, 2.45) is 5.10 Å². The molecule has 2 heterocycles. The van der Waals surface area contributed by atoms with Crippen LogP contribution in [0.3, 0.4) is 0 Å². The smallest absolute Gasteiger partial charge is 0.292 e. The van der Waals surface area contributed by atoms with E-state index in [2.05, 4.69) is 35.8 Å². The molecule has 0 spiro atoms. The van der Waals surface area contributed by atoms with Gasteiger partial charge in [-0.25, -0.2) is 10.1 Å². The lowest BCUT2D eigenvalue weighted by Gasteiger charge is -2.05. The normalized spacial score (nSPS) is 11.1. The minimum absolute atomic E-state index is 0.0274. The van der Waals surface area contributed by atoms with Crippen LogP contribution in [0.2, 0.25) is 10.0 Å². The molecule has 1 amide bonds. The molecule has 2 aromatic carbocycles. The topological polar surface area (TPSA) is 137 Å². The van der Waals surface area contributed by atoms with Crippen molar-refractivity contribution in [1.29, 1.82) is 0 Å². The first-order chi connectivity index (χ1) is 14.5. The Balaban J connectivity index is 1.69. The maximum absolute atomic E-state index is 13.0. The van der Waals surface area contributed by atoms with Crippen molar-refractivity contribution in [3.63, 3.8) is 0 Å². The number of nitrogen functional groups attached to an aromatic ring is 1. The largest absolute Gasteiger partial charge is 0.378 e. The van der Waals surface area contributed by atoms with Crippen LogP contribution in [-0.2, 0) is 0 Å². The first-order valence-corrected chi connectivity index (χ1v) is 9.18. The first kappa shape index (κ1) is 19.6. The number of amides is 1. The van der Waals surface area contributed by atoms with Gasteiger partial charge in [0.25, 0.3) is 5.91 Å². The Bertz CT molecular complexity index is 1240. The van der Waals surface area contributed by atoms with Gasteiger partial charge in [-0.1, -0.05) is 64.8 Å². The van der Waals surface area contributed by atoms with Crippen LogP contribution in [0.4, 0.5) is 5.82 Å². The molecule has 10 nitrogen and oxygen atoms in total. The van der Waals surface area contributed by atoms with Crippen molar-refractivity contribution in [2.45, 2.75) is 0 Å². The Morgan fingerprint density at radius 2 is 1.97 bits per heavy atom. The van der Waals surface area contributed by atoms with Crippen LogP contribution >= 0.6 is 23.2 Å². The molecule has 3 N–H and O–H groups in total. The van der Waals surface area contributed by atoms with E-state index in [1.54, 1.807) is 30.3 Å². The summed E-state index contributed by atoms with van der Waals surface area (Å²) in [7, 11) is 0. The number of halogens is 2. The lowest BCUT2D eigenvalue weighted by molar-refractivity contribution is 0.0948. The lowest BCUT2D eigenvalue weighted by atomic mass is 10.1. The molecule has 0 aliphatic heterocycles. The number of carbonyl (C=O) groups is 1.